The standard InChI is InChI=1S/C16H22N4/c1-12-18-19-16(20(12)14-9-5-6-10-14)15(17)11-13-7-3-2-4-8-13/h2-4,7-8,14-15H,5-6,9-11,17H2,1H3/t15-/m1/s1. The van der Waals surface area contributed by atoms with E-state index in [1.54, 1.807) is 0 Å². The first-order chi connectivity index (χ1) is 9.75. The van der Waals surface area contributed by atoms with Gasteiger partial charge >= 0.3 is 0 Å². The van der Waals surface area contributed by atoms with Gasteiger partial charge in [-0.2, -0.15) is 0 Å². The Hall–Kier alpha value is -1.68. The topological polar surface area (TPSA) is 56.7 Å². The summed E-state index contributed by atoms with van der Waals surface area (Å²) in [5.74, 6) is 1.94. The summed E-state index contributed by atoms with van der Waals surface area (Å²) >= 11 is 0. The summed E-state index contributed by atoms with van der Waals surface area (Å²) in [7, 11) is 0. The van der Waals surface area contributed by atoms with E-state index >= 15 is 0 Å². The number of rotatable bonds is 4. The maximum atomic E-state index is 6.39. The van der Waals surface area contributed by atoms with Crippen molar-refractivity contribution in [3.8, 4) is 0 Å². The molecule has 0 unspecified atom stereocenters. The van der Waals surface area contributed by atoms with Crippen LogP contribution in [0.4, 0.5) is 0 Å². The van der Waals surface area contributed by atoms with Crippen molar-refractivity contribution >= 4 is 0 Å². The van der Waals surface area contributed by atoms with Gasteiger partial charge in [0.2, 0.25) is 0 Å². The number of nitrogens with two attached hydrogens (primary N) is 1. The van der Waals surface area contributed by atoms with E-state index in [0.29, 0.717) is 6.04 Å². The van der Waals surface area contributed by atoms with Gasteiger partial charge in [-0.15, -0.1) is 10.2 Å². The lowest BCUT2D eigenvalue weighted by Gasteiger charge is -2.19. The fourth-order valence-corrected chi connectivity index (χ4v) is 3.21. The monoisotopic (exact) mass is 270 g/mol. The minimum atomic E-state index is -0.0841. The maximum absolute atomic E-state index is 6.39. The van der Waals surface area contributed by atoms with E-state index in [0.717, 1.165) is 18.1 Å². The largest absolute Gasteiger partial charge is 0.321 e. The highest BCUT2D eigenvalue weighted by atomic mass is 15.3. The molecule has 1 aliphatic carbocycles. The van der Waals surface area contributed by atoms with Crippen molar-refractivity contribution in [1.82, 2.24) is 14.8 Å². The van der Waals surface area contributed by atoms with Gasteiger partial charge in [0.1, 0.15) is 5.82 Å². The summed E-state index contributed by atoms with van der Waals surface area (Å²) in [6, 6.07) is 10.8. The van der Waals surface area contributed by atoms with Crippen LogP contribution in [0.1, 0.15) is 55.0 Å². The SMILES string of the molecule is Cc1nnc([C@H](N)Cc2ccccc2)n1C1CCCC1. The second-order valence-corrected chi connectivity index (χ2v) is 5.71. The Kier molecular flexibility index (Phi) is 3.83. The summed E-state index contributed by atoms with van der Waals surface area (Å²) < 4.78 is 2.28. The summed E-state index contributed by atoms with van der Waals surface area (Å²) in [5.41, 5.74) is 7.63. The summed E-state index contributed by atoms with van der Waals surface area (Å²) in [6.07, 6.45) is 5.87. The molecule has 0 spiro atoms. The summed E-state index contributed by atoms with van der Waals surface area (Å²) in [5, 5.41) is 8.60. The molecule has 4 nitrogen and oxygen atoms in total. The highest BCUT2D eigenvalue weighted by Gasteiger charge is 2.25. The second-order valence-electron chi connectivity index (χ2n) is 5.71. The van der Waals surface area contributed by atoms with Gasteiger partial charge in [-0.05, 0) is 31.7 Å². The average molecular weight is 270 g/mol. The molecular formula is C16H22N4. The van der Waals surface area contributed by atoms with Crippen LogP contribution in [0.15, 0.2) is 30.3 Å². The van der Waals surface area contributed by atoms with E-state index in [1.165, 1.54) is 31.2 Å². The van der Waals surface area contributed by atoms with Gasteiger partial charge in [0.25, 0.3) is 0 Å². The Labute approximate surface area is 120 Å². The third-order valence-electron chi connectivity index (χ3n) is 4.21. The van der Waals surface area contributed by atoms with Crippen molar-refractivity contribution in [3.05, 3.63) is 47.5 Å². The molecule has 0 saturated heterocycles. The van der Waals surface area contributed by atoms with Gasteiger partial charge in [-0.3, -0.25) is 0 Å². The predicted molar refractivity (Wildman–Crippen MR) is 79.3 cm³/mol. The van der Waals surface area contributed by atoms with Crippen molar-refractivity contribution < 1.29 is 0 Å². The number of hydrogen-bond donors (Lipinski definition) is 1. The fraction of sp³-hybridized carbons (Fsp3) is 0.500. The lowest BCUT2D eigenvalue weighted by atomic mass is 10.1. The van der Waals surface area contributed by atoms with Gasteiger partial charge < -0.3 is 10.3 Å². The quantitative estimate of drug-likeness (QED) is 0.929. The molecule has 106 valence electrons. The third kappa shape index (κ3) is 2.61. The average Bonchev–Trinajstić information content (AvgIpc) is 3.08. The molecule has 0 radical (unpaired) electrons. The number of aromatic nitrogens is 3. The van der Waals surface area contributed by atoms with E-state index in [9.17, 15) is 0 Å². The molecule has 0 amide bonds. The normalized spacial score (nSPS) is 17.5. The van der Waals surface area contributed by atoms with E-state index in [-0.39, 0.29) is 6.04 Å². The zero-order valence-corrected chi connectivity index (χ0v) is 12.0. The minimum Gasteiger partial charge on any atom is -0.321 e. The third-order valence-corrected chi connectivity index (χ3v) is 4.21. The van der Waals surface area contributed by atoms with Gasteiger partial charge in [-0.25, -0.2) is 0 Å². The van der Waals surface area contributed by atoms with Crippen LogP contribution in [0.5, 0.6) is 0 Å². The lowest BCUT2D eigenvalue weighted by molar-refractivity contribution is 0.466. The van der Waals surface area contributed by atoms with Gasteiger partial charge in [0, 0.05) is 6.04 Å². The van der Waals surface area contributed by atoms with Crippen molar-refractivity contribution in [2.75, 3.05) is 0 Å². The van der Waals surface area contributed by atoms with Crippen LogP contribution in [-0.2, 0) is 6.42 Å². The molecule has 1 atom stereocenters. The highest BCUT2D eigenvalue weighted by molar-refractivity contribution is 5.17. The molecule has 20 heavy (non-hydrogen) atoms. The molecule has 1 aromatic heterocycles. The molecule has 4 heteroatoms. The smallest absolute Gasteiger partial charge is 0.150 e. The summed E-state index contributed by atoms with van der Waals surface area (Å²) in [4.78, 5) is 0. The van der Waals surface area contributed by atoms with Crippen LogP contribution in [-0.4, -0.2) is 14.8 Å². The van der Waals surface area contributed by atoms with Crippen LogP contribution in [0.25, 0.3) is 0 Å². The minimum absolute atomic E-state index is 0.0841. The Bertz CT molecular complexity index is 555. The van der Waals surface area contributed by atoms with Gasteiger partial charge in [0.15, 0.2) is 5.82 Å². The van der Waals surface area contributed by atoms with Crippen molar-refractivity contribution in [3.63, 3.8) is 0 Å². The lowest BCUT2D eigenvalue weighted by Crippen LogP contribution is -2.21. The molecule has 1 aliphatic rings. The molecular weight excluding hydrogens is 248 g/mol. The van der Waals surface area contributed by atoms with Crippen molar-refractivity contribution in [1.29, 1.82) is 0 Å². The number of benzene rings is 1. The summed E-state index contributed by atoms with van der Waals surface area (Å²) in [6.45, 7) is 2.03. The van der Waals surface area contributed by atoms with Crippen LogP contribution in [0.3, 0.4) is 0 Å². The predicted octanol–water partition coefficient (Wildman–Crippen LogP) is 2.94. The van der Waals surface area contributed by atoms with Crippen LogP contribution in [0, 0.1) is 6.92 Å². The Morgan fingerprint density at radius 2 is 1.90 bits per heavy atom. The Morgan fingerprint density at radius 1 is 1.20 bits per heavy atom. The zero-order chi connectivity index (χ0) is 13.9. The first-order valence-electron chi connectivity index (χ1n) is 7.46. The fourth-order valence-electron chi connectivity index (χ4n) is 3.21. The maximum Gasteiger partial charge on any atom is 0.150 e. The van der Waals surface area contributed by atoms with Crippen LogP contribution >= 0.6 is 0 Å². The van der Waals surface area contributed by atoms with Crippen molar-refractivity contribution in [2.45, 2.75) is 51.1 Å². The highest BCUT2D eigenvalue weighted by Crippen LogP contribution is 2.32. The first kappa shape index (κ1) is 13.3. The first-order valence-corrected chi connectivity index (χ1v) is 7.46. The molecule has 1 fully saturated rings. The van der Waals surface area contributed by atoms with Gasteiger partial charge in [-0.1, -0.05) is 43.2 Å². The number of aryl methyl sites for hydroxylation is 1. The molecule has 2 N–H and O–H groups in total. The van der Waals surface area contributed by atoms with E-state index in [2.05, 4.69) is 39.0 Å². The number of hydrogen-bond acceptors (Lipinski definition) is 3. The molecule has 0 bridgehead atoms. The second kappa shape index (κ2) is 5.75. The van der Waals surface area contributed by atoms with E-state index < -0.39 is 0 Å². The Balaban J connectivity index is 1.82. The molecule has 3 rings (SSSR count). The molecule has 1 saturated carbocycles. The molecule has 1 heterocycles. The zero-order valence-electron chi connectivity index (χ0n) is 12.0. The van der Waals surface area contributed by atoms with Crippen LogP contribution in [0.2, 0.25) is 0 Å². The molecule has 2 aromatic rings. The van der Waals surface area contributed by atoms with E-state index in [4.69, 9.17) is 5.73 Å². The Morgan fingerprint density at radius 3 is 2.60 bits per heavy atom. The molecule has 0 aliphatic heterocycles. The molecule has 1 aromatic carbocycles. The van der Waals surface area contributed by atoms with E-state index in [1.807, 2.05) is 13.0 Å². The van der Waals surface area contributed by atoms with Gasteiger partial charge in [0.05, 0.1) is 6.04 Å². The van der Waals surface area contributed by atoms with Crippen molar-refractivity contribution in [2.24, 2.45) is 5.73 Å². The van der Waals surface area contributed by atoms with Crippen LogP contribution < -0.4 is 5.73 Å². The number of nitrogens with zero attached hydrogens (tertiary/aromatic N) is 3.